The molecule has 2 amide bonds. The fourth-order valence-electron chi connectivity index (χ4n) is 3.22. The molecule has 2 atom stereocenters. The van der Waals surface area contributed by atoms with Crippen LogP contribution < -0.4 is 5.56 Å². The smallest absolute Gasteiger partial charge is 0.255 e. The molecule has 2 heterocycles. The number of fused-ring (bicyclic) bond motifs is 1. The Morgan fingerprint density at radius 3 is 2.33 bits per heavy atom. The first-order valence-corrected chi connectivity index (χ1v) is 7.97. The molecule has 6 nitrogen and oxygen atoms in total. The standard InChI is InChI=1S/C18H21N3O3/c1-11-17(23)21(12(2)16(22)19(11)3)10-14-9-13-7-5-6-8-15(13)20(4)18(14)24/h5-9,11-12H,10H2,1-4H3/t11-,12-/m0/s1. The van der Waals surface area contributed by atoms with E-state index < -0.39 is 12.1 Å². The lowest BCUT2D eigenvalue weighted by Gasteiger charge is -2.41. The van der Waals surface area contributed by atoms with Gasteiger partial charge in [-0.25, -0.2) is 0 Å². The van der Waals surface area contributed by atoms with Gasteiger partial charge in [0.15, 0.2) is 0 Å². The summed E-state index contributed by atoms with van der Waals surface area (Å²) in [4.78, 5) is 40.5. The van der Waals surface area contributed by atoms with Crippen LogP contribution in [0.15, 0.2) is 35.1 Å². The lowest BCUT2D eigenvalue weighted by atomic mass is 10.1. The molecule has 1 aromatic heterocycles. The van der Waals surface area contributed by atoms with Crippen molar-refractivity contribution in [2.24, 2.45) is 7.05 Å². The highest BCUT2D eigenvalue weighted by atomic mass is 16.2. The van der Waals surface area contributed by atoms with Gasteiger partial charge in [0.25, 0.3) is 5.56 Å². The molecule has 0 radical (unpaired) electrons. The Kier molecular flexibility index (Phi) is 3.91. The number of aryl methyl sites for hydroxylation is 1. The molecule has 1 aliphatic heterocycles. The van der Waals surface area contributed by atoms with E-state index >= 15 is 0 Å². The number of carbonyl (C=O) groups excluding carboxylic acids is 2. The summed E-state index contributed by atoms with van der Waals surface area (Å²) in [5.41, 5.74) is 1.21. The Labute approximate surface area is 140 Å². The Balaban J connectivity index is 2.03. The fourth-order valence-corrected chi connectivity index (χ4v) is 3.22. The van der Waals surface area contributed by atoms with E-state index in [2.05, 4.69) is 0 Å². The van der Waals surface area contributed by atoms with Crippen LogP contribution in [0.1, 0.15) is 19.4 Å². The van der Waals surface area contributed by atoms with Gasteiger partial charge in [-0.15, -0.1) is 0 Å². The van der Waals surface area contributed by atoms with Crippen molar-refractivity contribution in [3.63, 3.8) is 0 Å². The van der Waals surface area contributed by atoms with Crippen molar-refractivity contribution < 1.29 is 9.59 Å². The monoisotopic (exact) mass is 327 g/mol. The minimum atomic E-state index is -0.574. The number of hydrogen-bond acceptors (Lipinski definition) is 3. The molecule has 0 saturated carbocycles. The topological polar surface area (TPSA) is 62.6 Å². The highest BCUT2D eigenvalue weighted by Crippen LogP contribution is 2.20. The average Bonchev–Trinajstić information content (AvgIpc) is 2.59. The van der Waals surface area contributed by atoms with Gasteiger partial charge in [0.2, 0.25) is 11.8 Å². The number of rotatable bonds is 2. The number of aromatic nitrogens is 1. The zero-order valence-electron chi connectivity index (χ0n) is 14.3. The second-order valence-corrected chi connectivity index (χ2v) is 6.36. The van der Waals surface area contributed by atoms with E-state index in [4.69, 9.17) is 0 Å². The van der Waals surface area contributed by atoms with Gasteiger partial charge in [-0.3, -0.25) is 14.4 Å². The summed E-state index contributed by atoms with van der Waals surface area (Å²) in [5.74, 6) is -0.250. The van der Waals surface area contributed by atoms with Crippen LogP contribution in [0.4, 0.5) is 0 Å². The third kappa shape index (κ3) is 2.38. The Morgan fingerprint density at radius 2 is 1.62 bits per heavy atom. The van der Waals surface area contributed by atoms with Crippen LogP contribution in [0, 0.1) is 0 Å². The number of nitrogens with zero attached hydrogens (tertiary/aromatic N) is 3. The maximum atomic E-state index is 12.6. The van der Waals surface area contributed by atoms with Crippen molar-refractivity contribution >= 4 is 22.7 Å². The number of carbonyl (C=O) groups is 2. The molecule has 2 aromatic rings. The first-order chi connectivity index (χ1) is 11.3. The molecule has 1 fully saturated rings. The molecule has 0 aliphatic carbocycles. The zero-order chi connectivity index (χ0) is 17.6. The van der Waals surface area contributed by atoms with Crippen LogP contribution in [0.2, 0.25) is 0 Å². The van der Waals surface area contributed by atoms with Crippen molar-refractivity contribution in [2.75, 3.05) is 7.05 Å². The van der Waals surface area contributed by atoms with Gasteiger partial charge in [0.1, 0.15) is 12.1 Å². The first-order valence-electron chi connectivity index (χ1n) is 7.97. The van der Waals surface area contributed by atoms with E-state index in [0.29, 0.717) is 5.56 Å². The quantitative estimate of drug-likeness (QED) is 0.830. The highest BCUT2D eigenvalue weighted by Gasteiger charge is 2.39. The maximum absolute atomic E-state index is 12.6. The van der Waals surface area contributed by atoms with Crippen molar-refractivity contribution in [3.05, 3.63) is 46.2 Å². The van der Waals surface area contributed by atoms with E-state index in [1.54, 1.807) is 32.5 Å². The molecule has 0 bridgehead atoms. The number of hydrogen-bond donors (Lipinski definition) is 0. The van der Waals surface area contributed by atoms with Crippen molar-refractivity contribution in [1.29, 1.82) is 0 Å². The van der Waals surface area contributed by atoms with Gasteiger partial charge >= 0.3 is 0 Å². The fraction of sp³-hybridized carbons (Fsp3) is 0.389. The van der Waals surface area contributed by atoms with Crippen LogP contribution in [-0.2, 0) is 23.2 Å². The molecule has 1 aromatic carbocycles. The van der Waals surface area contributed by atoms with Gasteiger partial charge in [-0.1, -0.05) is 18.2 Å². The van der Waals surface area contributed by atoms with Crippen LogP contribution in [-0.4, -0.2) is 45.3 Å². The SMILES string of the molecule is C[C@H]1C(=O)N(Cc2cc3ccccc3n(C)c2=O)[C@@H](C)C(=O)N1C. The second kappa shape index (κ2) is 5.78. The molecule has 24 heavy (non-hydrogen) atoms. The second-order valence-electron chi connectivity index (χ2n) is 6.36. The number of benzene rings is 1. The van der Waals surface area contributed by atoms with E-state index in [9.17, 15) is 14.4 Å². The number of pyridine rings is 1. The van der Waals surface area contributed by atoms with Gasteiger partial charge in [0, 0.05) is 19.7 Å². The van der Waals surface area contributed by atoms with Crippen molar-refractivity contribution in [1.82, 2.24) is 14.4 Å². The van der Waals surface area contributed by atoms with E-state index in [-0.39, 0.29) is 23.9 Å². The normalized spacial score (nSPS) is 21.7. The molecule has 0 spiro atoms. The average molecular weight is 327 g/mol. The van der Waals surface area contributed by atoms with Gasteiger partial charge in [-0.05, 0) is 31.4 Å². The van der Waals surface area contributed by atoms with Gasteiger partial charge < -0.3 is 14.4 Å². The summed E-state index contributed by atoms with van der Waals surface area (Å²) in [6.45, 7) is 3.55. The van der Waals surface area contributed by atoms with E-state index in [0.717, 1.165) is 10.9 Å². The third-order valence-corrected chi connectivity index (χ3v) is 4.94. The highest BCUT2D eigenvalue weighted by molar-refractivity contribution is 5.96. The predicted molar refractivity (Wildman–Crippen MR) is 91.4 cm³/mol. The summed E-state index contributed by atoms with van der Waals surface area (Å²) >= 11 is 0. The van der Waals surface area contributed by atoms with E-state index in [1.807, 2.05) is 30.3 Å². The van der Waals surface area contributed by atoms with Crippen molar-refractivity contribution in [2.45, 2.75) is 32.5 Å². The Bertz CT molecular complexity index is 887. The van der Waals surface area contributed by atoms with Gasteiger partial charge in [-0.2, -0.15) is 0 Å². The van der Waals surface area contributed by atoms with Crippen LogP contribution in [0.3, 0.4) is 0 Å². The van der Waals surface area contributed by atoms with Crippen LogP contribution in [0.25, 0.3) is 10.9 Å². The molecule has 0 N–H and O–H groups in total. The van der Waals surface area contributed by atoms with Crippen LogP contribution in [0.5, 0.6) is 0 Å². The lowest BCUT2D eigenvalue weighted by Crippen LogP contribution is -2.61. The van der Waals surface area contributed by atoms with E-state index in [1.165, 1.54) is 9.80 Å². The predicted octanol–water partition coefficient (Wildman–Crippen LogP) is 1.12. The number of piperazine rings is 1. The summed E-state index contributed by atoms with van der Waals surface area (Å²) in [7, 11) is 3.35. The lowest BCUT2D eigenvalue weighted by molar-refractivity contribution is -0.159. The molecular formula is C18H21N3O3. The number of para-hydroxylation sites is 1. The maximum Gasteiger partial charge on any atom is 0.255 e. The number of amides is 2. The Morgan fingerprint density at radius 1 is 0.958 bits per heavy atom. The first kappa shape index (κ1) is 16.2. The van der Waals surface area contributed by atoms with Crippen LogP contribution >= 0.6 is 0 Å². The summed E-state index contributed by atoms with van der Waals surface area (Å²) in [6, 6.07) is 8.33. The summed E-state index contributed by atoms with van der Waals surface area (Å²) in [6.07, 6.45) is 0. The molecular weight excluding hydrogens is 306 g/mol. The van der Waals surface area contributed by atoms with Crippen molar-refractivity contribution in [3.8, 4) is 0 Å². The summed E-state index contributed by atoms with van der Waals surface area (Å²) in [5, 5.41) is 0.934. The molecule has 0 unspecified atom stereocenters. The summed E-state index contributed by atoms with van der Waals surface area (Å²) < 4.78 is 1.58. The molecule has 1 aliphatic rings. The van der Waals surface area contributed by atoms with Gasteiger partial charge in [0.05, 0.1) is 12.1 Å². The molecule has 126 valence electrons. The Hall–Kier alpha value is -2.63. The molecule has 1 saturated heterocycles. The minimum absolute atomic E-state index is 0.111. The zero-order valence-corrected chi connectivity index (χ0v) is 14.3. The molecule has 3 rings (SSSR count). The minimum Gasteiger partial charge on any atom is -0.332 e. The largest absolute Gasteiger partial charge is 0.332 e. The third-order valence-electron chi connectivity index (χ3n) is 4.94. The number of likely N-dealkylation sites (N-methyl/N-ethyl adjacent to an activating group) is 1. The molecule has 6 heteroatoms.